The van der Waals surface area contributed by atoms with Gasteiger partial charge >= 0.3 is 0 Å². The fourth-order valence-corrected chi connectivity index (χ4v) is 2.61. The van der Waals surface area contributed by atoms with Crippen molar-refractivity contribution in [2.75, 3.05) is 0 Å². The fourth-order valence-electron chi connectivity index (χ4n) is 2.61. The van der Waals surface area contributed by atoms with E-state index < -0.39 is 5.41 Å². The molecule has 0 aliphatic heterocycles. The van der Waals surface area contributed by atoms with Crippen molar-refractivity contribution < 1.29 is 10.0 Å². The van der Waals surface area contributed by atoms with Crippen LogP contribution in [0.1, 0.15) is 44.7 Å². The van der Waals surface area contributed by atoms with Gasteiger partial charge in [-0.05, 0) is 31.9 Å². The predicted molar refractivity (Wildman–Crippen MR) is 87.7 cm³/mol. The third kappa shape index (κ3) is 4.27. The van der Waals surface area contributed by atoms with E-state index in [2.05, 4.69) is 11.1 Å². The minimum atomic E-state index is -0.636. The van der Waals surface area contributed by atoms with E-state index in [9.17, 15) is 10.1 Å². The number of amides is 1. The molecule has 0 fully saturated rings. The van der Waals surface area contributed by atoms with Gasteiger partial charge in [0, 0.05) is 11.8 Å². The van der Waals surface area contributed by atoms with E-state index in [0.29, 0.717) is 19.3 Å². The molecule has 1 aromatic carbocycles. The number of nitriles is 1. The Balaban J connectivity index is 2.01. The SMILES string of the molecule is CC(C#N)(CCCCCC(=O)NO)c1ccc2ccccc2n1. The van der Waals surface area contributed by atoms with Gasteiger partial charge in [-0.3, -0.25) is 15.0 Å². The van der Waals surface area contributed by atoms with Gasteiger partial charge in [0.2, 0.25) is 5.91 Å². The molecule has 5 heteroatoms. The Morgan fingerprint density at radius 2 is 2.04 bits per heavy atom. The molecule has 0 spiro atoms. The molecule has 23 heavy (non-hydrogen) atoms. The molecule has 0 radical (unpaired) electrons. The van der Waals surface area contributed by atoms with Gasteiger partial charge in [-0.2, -0.15) is 5.26 Å². The largest absolute Gasteiger partial charge is 0.289 e. The first kappa shape index (κ1) is 16.9. The van der Waals surface area contributed by atoms with Gasteiger partial charge < -0.3 is 0 Å². The highest BCUT2D eigenvalue weighted by Crippen LogP contribution is 2.29. The van der Waals surface area contributed by atoms with E-state index in [1.54, 1.807) is 5.48 Å². The lowest BCUT2D eigenvalue weighted by Crippen LogP contribution is -2.21. The minimum Gasteiger partial charge on any atom is -0.289 e. The molecule has 2 N–H and O–H groups in total. The molecule has 1 heterocycles. The van der Waals surface area contributed by atoms with Gasteiger partial charge in [0.15, 0.2) is 0 Å². The molecule has 2 aromatic rings. The lowest BCUT2D eigenvalue weighted by molar-refractivity contribution is -0.129. The normalized spacial score (nSPS) is 13.3. The highest BCUT2D eigenvalue weighted by atomic mass is 16.5. The molecule has 1 atom stereocenters. The molecular weight excluding hydrogens is 290 g/mol. The maximum atomic E-state index is 11.0. The molecule has 0 aliphatic carbocycles. The van der Waals surface area contributed by atoms with Crippen LogP contribution in [-0.4, -0.2) is 16.1 Å². The van der Waals surface area contributed by atoms with E-state index in [0.717, 1.165) is 29.4 Å². The summed E-state index contributed by atoms with van der Waals surface area (Å²) in [5.74, 6) is -0.371. The Hall–Kier alpha value is -2.45. The van der Waals surface area contributed by atoms with Gasteiger partial charge in [-0.25, -0.2) is 5.48 Å². The predicted octanol–water partition coefficient (Wildman–Crippen LogP) is 3.47. The zero-order valence-corrected chi connectivity index (χ0v) is 13.2. The average molecular weight is 311 g/mol. The third-order valence-corrected chi connectivity index (χ3v) is 4.12. The van der Waals surface area contributed by atoms with Crippen LogP contribution in [0.4, 0.5) is 0 Å². The van der Waals surface area contributed by atoms with Crippen LogP contribution in [0.25, 0.3) is 10.9 Å². The van der Waals surface area contributed by atoms with E-state index >= 15 is 0 Å². The summed E-state index contributed by atoms with van der Waals surface area (Å²) in [4.78, 5) is 15.6. The van der Waals surface area contributed by atoms with Crippen LogP contribution >= 0.6 is 0 Å². The highest BCUT2D eigenvalue weighted by Gasteiger charge is 2.27. The van der Waals surface area contributed by atoms with Crippen molar-refractivity contribution in [2.24, 2.45) is 0 Å². The number of nitrogens with zero attached hydrogens (tertiary/aromatic N) is 2. The van der Waals surface area contributed by atoms with E-state index in [1.165, 1.54) is 0 Å². The number of hydroxylamine groups is 1. The summed E-state index contributed by atoms with van der Waals surface area (Å²) in [6.07, 6.45) is 3.35. The standard InChI is InChI=1S/C18H21N3O2/c1-18(13-19,12-6-2-3-9-17(22)21-23)16-11-10-14-7-4-5-8-15(14)20-16/h4-5,7-8,10-11,23H,2-3,6,9,12H2,1H3,(H,21,22). The van der Waals surface area contributed by atoms with Crippen molar-refractivity contribution in [3.63, 3.8) is 0 Å². The van der Waals surface area contributed by atoms with Crippen LogP contribution in [0.15, 0.2) is 36.4 Å². The van der Waals surface area contributed by atoms with Crippen LogP contribution in [-0.2, 0) is 10.2 Å². The van der Waals surface area contributed by atoms with Crippen molar-refractivity contribution in [1.29, 1.82) is 5.26 Å². The maximum Gasteiger partial charge on any atom is 0.243 e. The number of nitrogens with one attached hydrogen (secondary N) is 1. The molecule has 1 unspecified atom stereocenters. The molecule has 0 aliphatic rings. The number of rotatable bonds is 7. The van der Waals surface area contributed by atoms with Crippen LogP contribution in [0.3, 0.4) is 0 Å². The molecule has 1 aromatic heterocycles. The van der Waals surface area contributed by atoms with E-state index in [4.69, 9.17) is 5.21 Å². The van der Waals surface area contributed by atoms with Crippen molar-refractivity contribution in [1.82, 2.24) is 10.5 Å². The Bertz CT molecular complexity index is 724. The monoisotopic (exact) mass is 311 g/mol. The number of hydrogen-bond donors (Lipinski definition) is 2. The van der Waals surface area contributed by atoms with Crippen LogP contribution in [0.5, 0.6) is 0 Å². The molecule has 0 saturated carbocycles. The van der Waals surface area contributed by atoms with Crippen molar-refractivity contribution in [3.8, 4) is 6.07 Å². The quantitative estimate of drug-likeness (QED) is 0.466. The Kier molecular flexibility index (Phi) is 5.67. The second kappa shape index (κ2) is 7.70. The fraction of sp³-hybridized carbons (Fsp3) is 0.389. The Morgan fingerprint density at radius 1 is 1.26 bits per heavy atom. The number of aromatic nitrogens is 1. The molecule has 0 bridgehead atoms. The maximum absolute atomic E-state index is 11.0. The van der Waals surface area contributed by atoms with Crippen LogP contribution < -0.4 is 5.48 Å². The van der Waals surface area contributed by atoms with Crippen molar-refractivity contribution >= 4 is 16.8 Å². The summed E-state index contributed by atoms with van der Waals surface area (Å²) < 4.78 is 0. The topological polar surface area (TPSA) is 86.0 Å². The number of hydrogen-bond acceptors (Lipinski definition) is 4. The highest BCUT2D eigenvalue weighted by molar-refractivity contribution is 5.78. The number of carbonyl (C=O) groups excluding carboxylic acids is 1. The number of unbranched alkanes of at least 4 members (excludes halogenated alkanes) is 2. The summed E-state index contributed by atoms with van der Waals surface area (Å²) in [6, 6.07) is 14.2. The second-order valence-electron chi connectivity index (χ2n) is 5.93. The minimum absolute atomic E-state index is 0.300. The van der Waals surface area contributed by atoms with Crippen molar-refractivity contribution in [2.45, 2.75) is 44.4 Å². The molecular formula is C18H21N3O2. The summed E-state index contributed by atoms with van der Waals surface area (Å²) in [7, 11) is 0. The molecule has 120 valence electrons. The summed E-state index contributed by atoms with van der Waals surface area (Å²) in [5.41, 5.74) is 2.67. The van der Waals surface area contributed by atoms with Gasteiger partial charge in [0.25, 0.3) is 0 Å². The lowest BCUT2D eigenvalue weighted by atomic mass is 9.82. The van der Waals surface area contributed by atoms with Gasteiger partial charge in [0.1, 0.15) is 0 Å². The number of para-hydroxylation sites is 1. The Labute approximate surface area is 135 Å². The molecule has 2 rings (SSSR count). The number of pyridine rings is 1. The number of carbonyl (C=O) groups is 1. The first-order valence-electron chi connectivity index (χ1n) is 7.79. The molecule has 1 amide bonds. The first-order chi connectivity index (χ1) is 11.1. The van der Waals surface area contributed by atoms with Crippen LogP contribution in [0.2, 0.25) is 0 Å². The zero-order valence-electron chi connectivity index (χ0n) is 13.2. The van der Waals surface area contributed by atoms with Crippen LogP contribution in [0, 0.1) is 11.3 Å². The van der Waals surface area contributed by atoms with E-state index in [-0.39, 0.29) is 5.91 Å². The average Bonchev–Trinajstić information content (AvgIpc) is 2.60. The van der Waals surface area contributed by atoms with Gasteiger partial charge in [-0.15, -0.1) is 0 Å². The molecule has 5 nitrogen and oxygen atoms in total. The first-order valence-corrected chi connectivity index (χ1v) is 7.79. The summed E-state index contributed by atoms with van der Waals surface area (Å²) in [6.45, 7) is 1.91. The second-order valence-corrected chi connectivity index (χ2v) is 5.93. The molecule has 0 saturated heterocycles. The number of benzene rings is 1. The third-order valence-electron chi connectivity index (χ3n) is 4.12. The number of fused-ring (bicyclic) bond motifs is 1. The Morgan fingerprint density at radius 3 is 2.78 bits per heavy atom. The van der Waals surface area contributed by atoms with Crippen molar-refractivity contribution in [3.05, 3.63) is 42.1 Å². The van der Waals surface area contributed by atoms with Gasteiger partial charge in [0.05, 0.1) is 22.7 Å². The van der Waals surface area contributed by atoms with E-state index in [1.807, 2.05) is 43.3 Å². The van der Waals surface area contributed by atoms with Gasteiger partial charge in [-0.1, -0.05) is 37.1 Å². The smallest absolute Gasteiger partial charge is 0.243 e. The lowest BCUT2D eigenvalue weighted by Gasteiger charge is -2.21. The summed E-state index contributed by atoms with van der Waals surface area (Å²) >= 11 is 0. The zero-order chi connectivity index (χ0) is 16.7. The summed E-state index contributed by atoms with van der Waals surface area (Å²) in [5, 5.41) is 19.1.